The second kappa shape index (κ2) is 7.46. The molecule has 0 aromatic rings. The fraction of sp³-hybridized carbons (Fsp3) is 0.833. The van der Waals surface area contributed by atoms with Crippen molar-refractivity contribution in [1.82, 2.24) is 4.90 Å². The molecule has 6 heteroatoms. The molecule has 0 spiro atoms. The Hall–Kier alpha value is -0.970. The summed E-state index contributed by atoms with van der Waals surface area (Å²) in [5, 5.41) is 0. The lowest BCUT2D eigenvalue weighted by molar-refractivity contribution is -0.147. The number of halogens is 1. The second-order valence-corrected chi connectivity index (χ2v) is 5.14. The molecular weight excluding hydrogens is 258 g/mol. The first-order valence-corrected chi connectivity index (χ1v) is 6.48. The van der Waals surface area contributed by atoms with E-state index in [1.165, 1.54) is 4.90 Å². The maximum atomic E-state index is 12.0. The van der Waals surface area contributed by atoms with Crippen molar-refractivity contribution < 1.29 is 19.1 Å². The third kappa shape index (κ3) is 6.10. The molecule has 0 radical (unpaired) electrons. The molecule has 0 saturated carbocycles. The largest absolute Gasteiger partial charge is 0.448 e. The zero-order valence-electron chi connectivity index (χ0n) is 11.7. The quantitative estimate of drug-likeness (QED) is 0.574. The lowest BCUT2D eigenvalue weighted by atomic mass is 10.2. The number of esters is 1. The Balaban J connectivity index is 4.73. The first-order chi connectivity index (χ1) is 8.22. The third-order valence-corrected chi connectivity index (χ3v) is 2.21. The van der Waals surface area contributed by atoms with Crippen molar-refractivity contribution in [3.05, 3.63) is 0 Å². The van der Waals surface area contributed by atoms with Gasteiger partial charge in [0.05, 0.1) is 0 Å². The minimum Gasteiger partial charge on any atom is -0.448 e. The summed E-state index contributed by atoms with van der Waals surface area (Å²) < 4.78 is 9.94. The number of carbonyl (C=O) groups is 2. The van der Waals surface area contributed by atoms with E-state index < -0.39 is 23.7 Å². The highest BCUT2D eigenvalue weighted by Crippen LogP contribution is 2.13. The van der Waals surface area contributed by atoms with Crippen molar-refractivity contribution in [2.75, 3.05) is 12.6 Å². The van der Waals surface area contributed by atoms with E-state index >= 15 is 0 Å². The summed E-state index contributed by atoms with van der Waals surface area (Å²) in [6.45, 7) is 9.25. The number of ether oxygens (including phenoxy) is 2. The molecule has 0 rings (SSSR count). The summed E-state index contributed by atoms with van der Waals surface area (Å²) in [6.07, 6.45) is 0.195. The van der Waals surface area contributed by atoms with Crippen LogP contribution in [0.2, 0.25) is 0 Å². The van der Waals surface area contributed by atoms with E-state index in [9.17, 15) is 9.59 Å². The molecule has 0 bridgehead atoms. The topological polar surface area (TPSA) is 55.8 Å². The van der Waals surface area contributed by atoms with Crippen molar-refractivity contribution >= 4 is 23.7 Å². The van der Waals surface area contributed by atoms with Crippen LogP contribution in [0.15, 0.2) is 0 Å². The van der Waals surface area contributed by atoms with Gasteiger partial charge in [0.25, 0.3) is 0 Å². The zero-order valence-corrected chi connectivity index (χ0v) is 12.4. The number of carbonyl (C=O) groups excluding carboxylic acids is 2. The number of nitrogens with zero attached hydrogens (tertiary/aromatic N) is 1. The summed E-state index contributed by atoms with van der Waals surface area (Å²) >= 11 is 5.33. The Morgan fingerprint density at radius 3 is 2.28 bits per heavy atom. The van der Waals surface area contributed by atoms with Crippen LogP contribution < -0.4 is 0 Å². The summed E-state index contributed by atoms with van der Waals surface area (Å²) in [5.41, 5.74) is -0.598. The van der Waals surface area contributed by atoms with Crippen LogP contribution in [0, 0.1) is 0 Å². The van der Waals surface area contributed by atoms with Gasteiger partial charge in [-0.1, -0.05) is 18.5 Å². The Bertz CT molecular complexity index is 288. The lowest BCUT2D eigenvalue weighted by Crippen LogP contribution is -2.46. The molecule has 0 heterocycles. The Morgan fingerprint density at radius 2 is 1.89 bits per heavy atom. The van der Waals surface area contributed by atoms with E-state index in [1.807, 2.05) is 6.92 Å². The van der Waals surface area contributed by atoms with E-state index in [2.05, 4.69) is 4.74 Å². The summed E-state index contributed by atoms with van der Waals surface area (Å²) in [5.74, 6) is -0.538. The van der Waals surface area contributed by atoms with Crippen molar-refractivity contribution in [3.8, 4) is 0 Å². The van der Waals surface area contributed by atoms with E-state index in [4.69, 9.17) is 16.3 Å². The van der Waals surface area contributed by atoms with Gasteiger partial charge in [-0.25, -0.2) is 9.59 Å². The van der Waals surface area contributed by atoms with Gasteiger partial charge >= 0.3 is 12.1 Å². The van der Waals surface area contributed by atoms with Crippen LogP contribution in [0.4, 0.5) is 4.79 Å². The smallest absolute Gasteiger partial charge is 0.411 e. The van der Waals surface area contributed by atoms with Crippen molar-refractivity contribution in [3.63, 3.8) is 0 Å². The van der Waals surface area contributed by atoms with Crippen LogP contribution in [0.25, 0.3) is 0 Å². The molecule has 1 atom stereocenters. The molecule has 1 unspecified atom stereocenters. The lowest BCUT2D eigenvalue weighted by Gasteiger charge is -2.30. The van der Waals surface area contributed by atoms with Crippen LogP contribution >= 0.6 is 11.6 Å². The predicted molar refractivity (Wildman–Crippen MR) is 69.5 cm³/mol. The Morgan fingerprint density at radius 1 is 1.33 bits per heavy atom. The number of amides is 1. The normalized spacial score (nSPS) is 12.8. The maximum Gasteiger partial charge on any atom is 0.411 e. The molecule has 0 saturated heterocycles. The van der Waals surface area contributed by atoms with Gasteiger partial charge < -0.3 is 9.47 Å². The predicted octanol–water partition coefficient (Wildman–Crippen LogP) is 2.76. The van der Waals surface area contributed by atoms with Gasteiger partial charge in [0.2, 0.25) is 0 Å². The van der Waals surface area contributed by atoms with Gasteiger partial charge in [-0.3, -0.25) is 4.90 Å². The fourth-order valence-corrected chi connectivity index (χ4v) is 1.41. The summed E-state index contributed by atoms with van der Waals surface area (Å²) in [7, 11) is 0. The highest BCUT2D eigenvalue weighted by Gasteiger charge is 2.30. The number of alkyl halides is 1. The average Bonchev–Trinajstić information content (AvgIpc) is 2.22. The maximum absolute atomic E-state index is 12.0. The molecule has 0 fully saturated rings. The van der Waals surface area contributed by atoms with Crippen LogP contribution in [0.3, 0.4) is 0 Å². The fourth-order valence-electron chi connectivity index (χ4n) is 1.31. The van der Waals surface area contributed by atoms with Crippen LogP contribution in [-0.2, 0) is 14.3 Å². The molecule has 0 aromatic carbocycles. The minimum absolute atomic E-state index is 0.225. The zero-order chi connectivity index (χ0) is 14.3. The van der Waals surface area contributed by atoms with Gasteiger partial charge in [0.1, 0.15) is 11.6 Å². The van der Waals surface area contributed by atoms with Gasteiger partial charge in [-0.05, 0) is 34.1 Å². The molecule has 18 heavy (non-hydrogen) atoms. The standard InChI is InChI=1S/C12H22ClNO4/c1-6-7-14(9(2)10(15)17-8-13)11(16)18-12(3,4)5/h9H,6-8H2,1-5H3. The molecular formula is C12H22ClNO4. The Kier molecular flexibility index (Phi) is 7.06. The average molecular weight is 280 g/mol. The van der Waals surface area contributed by atoms with Gasteiger partial charge in [0.15, 0.2) is 6.07 Å². The van der Waals surface area contributed by atoms with Crippen LogP contribution in [0.1, 0.15) is 41.0 Å². The van der Waals surface area contributed by atoms with E-state index in [-0.39, 0.29) is 6.07 Å². The highest BCUT2D eigenvalue weighted by molar-refractivity contribution is 6.17. The highest BCUT2D eigenvalue weighted by atomic mass is 35.5. The monoisotopic (exact) mass is 279 g/mol. The van der Waals surface area contributed by atoms with E-state index in [0.717, 1.165) is 6.42 Å². The van der Waals surface area contributed by atoms with Crippen molar-refractivity contribution in [1.29, 1.82) is 0 Å². The van der Waals surface area contributed by atoms with E-state index in [0.29, 0.717) is 6.54 Å². The van der Waals surface area contributed by atoms with E-state index in [1.54, 1.807) is 27.7 Å². The van der Waals surface area contributed by atoms with Gasteiger partial charge in [0, 0.05) is 6.54 Å². The SMILES string of the molecule is CCCN(C(=O)OC(C)(C)C)C(C)C(=O)OCCl. The molecule has 106 valence electrons. The minimum atomic E-state index is -0.710. The first kappa shape index (κ1) is 17.0. The molecule has 5 nitrogen and oxygen atoms in total. The molecule has 0 aliphatic carbocycles. The van der Waals surface area contributed by atoms with Crippen molar-refractivity contribution in [2.24, 2.45) is 0 Å². The number of hydrogen-bond acceptors (Lipinski definition) is 4. The molecule has 0 N–H and O–H groups in total. The molecule has 1 amide bonds. The van der Waals surface area contributed by atoms with Crippen LogP contribution in [-0.4, -0.2) is 41.2 Å². The first-order valence-electron chi connectivity index (χ1n) is 5.95. The summed E-state index contributed by atoms with van der Waals surface area (Å²) in [6, 6.07) is -0.934. The van der Waals surface area contributed by atoms with Crippen LogP contribution in [0.5, 0.6) is 0 Å². The summed E-state index contributed by atoms with van der Waals surface area (Å²) in [4.78, 5) is 24.9. The van der Waals surface area contributed by atoms with Crippen molar-refractivity contribution in [2.45, 2.75) is 52.7 Å². The molecule has 0 aliphatic heterocycles. The number of rotatable bonds is 5. The number of hydrogen-bond donors (Lipinski definition) is 0. The third-order valence-electron chi connectivity index (χ3n) is 2.10. The molecule has 0 aromatic heterocycles. The second-order valence-electron chi connectivity index (χ2n) is 4.92. The van der Waals surface area contributed by atoms with Gasteiger partial charge in [-0.15, -0.1) is 0 Å². The molecule has 0 aliphatic rings. The van der Waals surface area contributed by atoms with Gasteiger partial charge in [-0.2, -0.15) is 0 Å². The Labute approximate surface area is 113 Å².